The fourth-order valence-electron chi connectivity index (χ4n) is 4.41. The van der Waals surface area contributed by atoms with Gasteiger partial charge in [0.05, 0.1) is 16.2 Å². The molecule has 2 bridgehead atoms. The predicted molar refractivity (Wildman–Crippen MR) is 118 cm³/mol. The summed E-state index contributed by atoms with van der Waals surface area (Å²) in [6.07, 6.45) is 4.76. The average molecular weight is 439 g/mol. The van der Waals surface area contributed by atoms with Crippen LogP contribution in [0.4, 0.5) is 21.7 Å². The van der Waals surface area contributed by atoms with Gasteiger partial charge in [-0.25, -0.2) is 19.3 Å². The highest BCUT2D eigenvalue weighted by atomic mass is 35.5. The Morgan fingerprint density at radius 3 is 2.81 bits per heavy atom. The number of carbonyl (C=O) groups is 1. The van der Waals surface area contributed by atoms with E-state index in [-0.39, 0.29) is 28.7 Å². The summed E-state index contributed by atoms with van der Waals surface area (Å²) >= 11 is 5.90. The standard InChI is InChI=1S/C22H20ClFN6O/c1-2-19(31)30-11-13-6-7-14(30)10-29(13)18-9-8-17-21(28-18)22(26-12-25-17)27-16-5-3-4-15(23)20(16)24/h2-5,8-9,12-14H,1,6-7,10-11H2,(H,25,26,27)/t13-,14-/m0/s1. The van der Waals surface area contributed by atoms with Crippen LogP contribution in [0.25, 0.3) is 11.0 Å². The van der Waals surface area contributed by atoms with E-state index in [1.54, 1.807) is 12.1 Å². The molecule has 0 aliphatic carbocycles. The SMILES string of the molecule is C=CC(=O)N1C[C@@H]2CC[C@H]1CN2c1ccc2ncnc(Nc3cccc(Cl)c3F)c2n1. The Labute approximate surface area is 183 Å². The zero-order valence-electron chi connectivity index (χ0n) is 16.6. The van der Waals surface area contributed by atoms with Gasteiger partial charge in [-0.15, -0.1) is 0 Å². The summed E-state index contributed by atoms with van der Waals surface area (Å²) in [6.45, 7) is 4.98. The largest absolute Gasteiger partial charge is 0.350 e. The van der Waals surface area contributed by atoms with Gasteiger partial charge in [0.2, 0.25) is 5.91 Å². The normalized spacial score (nSPS) is 20.2. The van der Waals surface area contributed by atoms with Crippen molar-refractivity contribution in [1.29, 1.82) is 0 Å². The number of aromatic nitrogens is 3. The van der Waals surface area contributed by atoms with Gasteiger partial charge >= 0.3 is 0 Å². The lowest BCUT2D eigenvalue weighted by molar-refractivity contribution is -0.131. The minimum Gasteiger partial charge on any atom is -0.350 e. The Morgan fingerprint density at radius 2 is 2.03 bits per heavy atom. The van der Waals surface area contributed by atoms with E-state index < -0.39 is 5.82 Å². The van der Waals surface area contributed by atoms with E-state index >= 15 is 0 Å². The third-order valence-electron chi connectivity index (χ3n) is 5.95. The molecular formula is C22H20ClFN6O. The number of hydrogen-bond donors (Lipinski definition) is 1. The van der Waals surface area contributed by atoms with Gasteiger partial charge in [0.15, 0.2) is 11.6 Å². The average Bonchev–Trinajstić information content (AvgIpc) is 2.81. The fourth-order valence-corrected chi connectivity index (χ4v) is 4.58. The number of carbonyl (C=O) groups excluding carboxylic acids is 1. The van der Waals surface area contributed by atoms with E-state index in [9.17, 15) is 9.18 Å². The molecule has 3 aliphatic rings. The Bertz CT molecular complexity index is 1190. The van der Waals surface area contributed by atoms with E-state index in [2.05, 4.69) is 26.8 Å². The molecule has 9 heteroatoms. The zero-order chi connectivity index (χ0) is 21.5. The van der Waals surface area contributed by atoms with E-state index in [4.69, 9.17) is 16.6 Å². The molecule has 7 nitrogen and oxygen atoms in total. The summed E-state index contributed by atoms with van der Waals surface area (Å²) in [5, 5.41) is 3.02. The first-order valence-corrected chi connectivity index (χ1v) is 10.5. The third-order valence-corrected chi connectivity index (χ3v) is 6.25. The molecule has 2 atom stereocenters. The molecule has 6 rings (SSSR count). The van der Waals surface area contributed by atoms with Gasteiger partial charge in [-0.1, -0.05) is 24.2 Å². The molecule has 3 aliphatic heterocycles. The number of piperidine rings is 2. The summed E-state index contributed by atoms with van der Waals surface area (Å²) in [5.41, 5.74) is 1.41. The second kappa shape index (κ2) is 7.77. The van der Waals surface area contributed by atoms with E-state index in [1.807, 2.05) is 17.0 Å². The summed E-state index contributed by atoms with van der Waals surface area (Å²) in [6, 6.07) is 8.88. The number of anilines is 3. The van der Waals surface area contributed by atoms with Crippen molar-refractivity contribution in [3.05, 3.63) is 60.2 Å². The molecule has 1 aromatic carbocycles. The number of hydrogen-bond acceptors (Lipinski definition) is 6. The van der Waals surface area contributed by atoms with Crippen molar-refractivity contribution in [2.45, 2.75) is 24.9 Å². The van der Waals surface area contributed by atoms with Gasteiger partial charge in [-0.2, -0.15) is 0 Å². The van der Waals surface area contributed by atoms with Crippen LogP contribution in [-0.2, 0) is 4.79 Å². The van der Waals surface area contributed by atoms with Crippen LogP contribution in [0.3, 0.4) is 0 Å². The van der Waals surface area contributed by atoms with Crippen molar-refractivity contribution in [2.75, 3.05) is 23.3 Å². The monoisotopic (exact) mass is 438 g/mol. The Hall–Kier alpha value is -3.26. The first kappa shape index (κ1) is 19.7. The zero-order valence-corrected chi connectivity index (χ0v) is 17.4. The van der Waals surface area contributed by atoms with E-state index in [1.165, 1.54) is 18.5 Å². The number of rotatable bonds is 4. The van der Waals surface area contributed by atoms with Crippen molar-refractivity contribution >= 4 is 45.9 Å². The minimum absolute atomic E-state index is 0.0238. The first-order valence-electron chi connectivity index (χ1n) is 10.1. The number of piperazine rings is 1. The van der Waals surface area contributed by atoms with Crippen LogP contribution in [0.15, 0.2) is 49.3 Å². The molecule has 3 saturated heterocycles. The van der Waals surface area contributed by atoms with E-state index in [0.29, 0.717) is 29.9 Å². The number of nitrogens with zero attached hydrogens (tertiary/aromatic N) is 5. The van der Waals surface area contributed by atoms with Gasteiger partial charge < -0.3 is 15.1 Å². The summed E-state index contributed by atoms with van der Waals surface area (Å²) < 4.78 is 14.4. The van der Waals surface area contributed by atoms with Crippen molar-refractivity contribution in [1.82, 2.24) is 19.9 Å². The molecule has 5 heterocycles. The highest BCUT2D eigenvalue weighted by Gasteiger charge is 2.40. The summed E-state index contributed by atoms with van der Waals surface area (Å²) in [5.74, 6) is 0.618. The molecule has 0 radical (unpaired) electrons. The first-order chi connectivity index (χ1) is 15.0. The van der Waals surface area contributed by atoms with Crippen LogP contribution in [0.1, 0.15) is 12.8 Å². The molecule has 3 aromatic rings. The van der Waals surface area contributed by atoms with Crippen LogP contribution >= 0.6 is 11.6 Å². The summed E-state index contributed by atoms with van der Waals surface area (Å²) in [7, 11) is 0. The van der Waals surface area contributed by atoms with E-state index in [0.717, 1.165) is 18.7 Å². The van der Waals surface area contributed by atoms with Gasteiger partial charge in [0.25, 0.3) is 0 Å². The van der Waals surface area contributed by atoms with Crippen LogP contribution in [0.2, 0.25) is 5.02 Å². The van der Waals surface area contributed by atoms with Crippen molar-refractivity contribution in [3.8, 4) is 0 Å². The van der Waals surface area contributed by atoms with Crippen LogP contribution in [0.5, 0.6) is 0 Å². The molecule has 0 saturated carbocycles. The molecule has 1 N–H and O–H groups in total. The molecule has 0 spiro atoms. The van der Waals surface area contributed by atoms with Crippen molar-refractivity contribution in [3.63, 3.8) is 0 Å². The number of benzene rings is 1. The molecular weight excluding hydrogens is 419 g/mol. The Kier molecular flexibility index (Phi) is 4.94. The lowest BCUT2D eigenvalue weighted by Gasteiger charge is -2.51. The molecule has 31 heavy (non-hydrogen) atoms. The smallest absolute Gasteiger partial charge is 0.246 e. The number of pyridine rings is 1. The minimum atomic E-state index is -0.549. The molecule has 0 unspecified atom stereocenters. The molecule has 2 aromatic heterocycles. The molecule has 1 amide bonds. The number of nitrogens with one attached hydrogen (secondary N) is 1. The maximum atomic E-state index is 14.4. The summed E-state index contributed by atoms with van der Waals surface area (Å²) in [4.78, 5) is 29.7. The number of amides is 1. The third kappa shape index (κ3) is 3.46. The maximum absolute atomic E-state index is 14.4. The predicted octanol–water partition coefficient (Wildman–Crippen LogP) is 3.93. The van der Waals surface area contributed by atoms with Crippen LogP contribution in [0, 0.1) is 5.82 Å². The topological polar surface area (TPSA) is 74.2 Å². The second-order valence-corrected chi connectivity index (χ2v) is 8.13. The maximum Gasteiger partial charge on any atom is 0.246 e. The Morgan fingerprint density at radius 1 is 1.19 bits per heavy atom. The van der Waals surface area contributed by atoms with Crippen molar-refractivity contribution in [2.24, 2.45) is 0 Å². The fraction of sp³-hybridized carbons (Fsp3) is 0.273. The molecule has 3 fully saturated rings. The van der Waals surface area contributed by atoms with Gasteiger partial charge in [0.1, 0.15) is 17.7 Å². The quantitative estimate of drug-likeness (QED) is 0.622. The van der Waals surface area contributed by atoms with Gasteiger partial charge in [0, 0.05) is 25.2 Å². The van der Waals surface area contributed by atoms with Gasteiger partial charge in [-0.3, -0.25) is 4.79 Å². The molecule has 158 valence electrons. The lowest BCUT2D eigenvalue weighted by Crippen LogP contribution is -2.64. The van der Waals surface area contributed by atoms with Gasteiger partial charge in [-0.05, 0) is 43.2 Å². The highest BCUT2D eigenvalue weighted by molar-refractivity contribution is 6.31. The van der Waals surface area contributed by atoms with Crippen molar-refractivity contribution < 1.29 is 9.18 Å². The Balaban J connectivity index is 1.48. The lowest BCUT2D eigenvalue weighted by atomic mass is 9.90. The van der Waals surface area contributed by atoms with Crippen LogP contribution < -0.4 is 10.2 Å². The van der Waals surface area contributed by atoms with Crippen LogP contribution in [-0.4, -0.2) is 50.9 Å². The number of halogens is 2. The number of fused-ring (bicyclic) bond motifs is 4. The highest BCUT2D eigenvalue weighted by Crippen LogP contribution is 2.34. The second-order valence-electron chi connectivity index (χ2n) is 7.72.